The molecule has 1 fully saturated rings. The summed E-state index contributed by atoms with van der Waals surface area (Å²) in [5, 5.41) is 15.1. The summed E-state index contributed by atoms with van der Waals surface area (Å²) < 4.78 is 4.79. The third-order valence-electron chi connectivity index (χ3n) is 3.42. The minimum atomic E-state index is -0.919. The number of hydrogen-bond acceptors (Lipinski definition) is 5. The van der Waals surface area contributed by atoms with Crippen LogP contribution in [0, 0.1) is 17.3 Å². The summed E-state index contributed by atoms with van der Waals surface area (Å²) in [5.41, 5.74) is -0.472. The highest BCUT2D eigenvalue weighted by molar-refractivity contribution is 5.91. The molecule has 1 saturated carbocycles. The predicted octanol–water partition coefficient (Wildman–Crippen LogP) is 0.0851. The maximum absolute atomic E-state index is 11.8. The molecule has 0 radical (unpaired) electrons. The zero-order valence-electron chi connectivity index (χ0n) is 10.2. The molecular weight excluding hydrogens is 238 g/mol. The van der Waals surface area contributed by atoms with Crippen molar-refractivity contribution in [2.24, 2.45) is 17.3 Å². The van der Waals surface area contributed by atoms with Crippen molar-refractivity contribution in [3.8, 4) is 0 Å². The van der Waals surface area contributed by atoms with Crippen LogP contribution in [-0.4, -0.2) is 33.7 Å². The molecule has 0 bridgehead atoms. The first-order valence-electron chi connectivity index (χ1n) is 5.70. The van der Waals surface area contributed by atoms with Gasteiger partial charge < -0.3 is 14.9 Å². The molecule has 98 valence electrons. The number of rotatable bonds is 5. The van der Waals surface area contributed by atoms with Crippen molar-refractivity contribution in [3.63, 3.8) is 0 Å². The van der Waals surface area contributed by atoms with Crippen LogP contribution in [0.5, 0.6) is 0 Å². The number of carbonyl (C=O) groups excluding carboxylic acids is 1. The Kier molecular flexibility index (Phi) is 3.06. The van der Waals surface area contributed by atoms with Crippen molar-refractivity contribution in [2.45, 2.75) is 20.3 Å². The number of nitrogens with zero attached hydrogens (tertiary/aromatic N) is 2. The standard InChI is InChI=1S/C11H15N3O4/c1-11(2)7(8(11)10(16)17)9(15)12-4-3-6-13-5-14-18-6/h5,7-8H,3-4H2,1-2H3,(H,12,15)(H,16,17)/t7-,8+/m1/s1. The fourth-order valence-corrected chi connectivity index (χ4v) is 2.30. The Morgan fingerprint density at radius 1 is 1.50 bits per heavy atom. The van der Waals surface area contributed by atoms with Crippen LogP contribution < -0.4 is 5.32 Å². The highest BCUT2D eigenvalue weighted by atomic mass is 16.5. The van der Waals surface area contributed by atoms with Gasteiger partial charge in [-0.15, -0.1) is 0 Å². The van der Waals surface area contributed by atoms with Gasteiger partial charge in [0.25, 0.3) is 0 Å². The number of amides is 1. The van der Waals surface area contributed by atoms with Crippen LogP contribution in [0.25, 0.3) is 0 Å². The average molecular weight is 253 g/mol. The normalized spacial score (nSPS) is 24.6. The first kappa shape index (κ1) is 12.5. The van der Waals surface area contributed by atoms with Gasteiger partial charge >= 0.3 is 5.97 Å². The molecule has 7 heteroatoms. The van der Waals surface area contributed by atoms with Gasteiger partial charge in [-0.3, -0.25) is 9.59 Å². The van der Waals surface area contributed by atoms with Crippen LogP contribution >= 0.6 is 0 Å². The van der Waals surface area contributed by atoms with Crippen LogP contribution in [-0.2, 0) is 16.0 Å². The van der Waals surface area contributed by atoms with Crippen molar-refractivity contribution < 1.29 is 19.2 Å². The number of nitrogens with one attached hydrogen (secondary N) is 1. The summed E-state index contributed by atoms with van der Waals surface area (Å²) in [6.45, 7) is 3.93. The van der Waals surface area contributed by atoms with Crippen LogP contribution in [0.4, 0.5) is 0 Å². The lowest BCUT2D eigenvalue weighted by atomic mass is 10.1. The summed E-state index contributed by atoms with van der Waals surface area (Å²) in [6.07, 6.45) is 1.73. The highest BCUT2D eigenvalue weighted by Gasteiger charge is 2.65. The van der Waals surface area contributed by atoms with E-state index in [1.54, 1.807) is 13.8 Å². The Labute approximate surface area is 104 Å². The van der Waals surface area contributed by atoms with E-state index in [-0.39, 0.29) is 5.91 Å². The topological polar surface area (TPSA) is 105 Å². The molecule has 2 rings (SSSR count). The number of aromatic nitrogens is 2. The fourth-order valence-electron chi connectivity index (χ4n) is 2.30. The average Bonchev–Trinajstić information content (AvgIpc) is 2.65. The van der Waals surface area contributed by atoms with E-state index in [4.69, 9.17) is 9.63 Å². The van der Waals surface area contributed by atoms with Gasteiger partial charge in [0.05, 0.1) is 11.8 Å². The van der Waals surface area contributed by atoms with Crippen LogP contribution in [0.15, 0.2) is 10.9 Å². The SMILES string of the molecule is CC1(C)[C@H](C(=O)O)[C@@H]1C(=O)NCCc1ncno1. The van der Waals surface area contributed by atoms with Gasteiger partial charge in [0, 0.05) is 13.0 Å². The minimum absolute atomic E-state index is 0.230. The molecule has 7 nitrogen and oxygen atoms in total. The van der Waals surface area contributed by atoms with Crippen molar-refractivity contribution in [1.82, 2.24) is 15.5 Å². The largest absolute Gasteiger partial charge is 0.481 e. The van der Waals surface area contributed by atoms with Crippen LogP contribution in [0.3, 0.4) is 0 Å². The number of aliphatic carboxylic acids is 1. The Balaban J connectivity index is 1.81. The number of carboxylic acid groups (broad SMARTS) is 1. The molecule has 2 atom stereocenters. The Morgan fingerprint density at radius 2 is 2.22 bits per heavy atom. The van der Waals surface area contributed by atoms with E-state index in [0.717, 1.165) is 0 Å². The fraction of sp³-hybridized carbons (Fsp3) is 0.636. The van der Waals surface area contributed by atoms with E-state index in [1.807, 2.05) is 0 Å². The van der Waals surface area contributed by atoms with Gasteiger partial charge in [-0.05, 0) is 5.41 Å². The Hall–Kier alpha value is -1.92. The first-order chi connectivity index (χ1) is 8.44. The molecule has 1 aromatic rings. The molecular formula is C11H15N3O4. The summed E-state index contributed by atoms with van der Waals surface area (Å²) in [7, 11) is 0. The molecule has 1 amide bonds. The predicted molar refractivity (Wildman–Crippen MR) is 59.4 cm³/mol. The van der Waals surface area contributed by atoms with Crippen molar-refractivity contribution in [1.29, 1.82) is 0 Å². The lowest BCUT2D eigenvalue weighted by molar-refractivity contribution is -0.140. The van der Waals surface area contributed by atoms with Gasteiger partial charge in [-0.2, -0.15) is 4.98 Å². The molecule has 1 aliphatic carbocycles. The third kappa shape index (κ3) is 2.20. The monoisotopic (exact) mass is 253 g/mol. The Bertz CT molecular complexity index is 455. The smallest absolute Gasteiger partial charge is 0.307 e. The van der Waals surface area contributed by atoms with Crippen molar-refractivity contribution in [2.75, 3.05) is 6.54 Å². The van der Waals surface area contributed by atoms with E-state index >= 15 is 0 Å². The zero-order chi connectivity index (χ0) is 13.3. The van der Waals surface area contributed by atoms with Gasteiger partial charge in [0.15, 0.2) is 6.33 Å². The second-order valence-electron chi connectivity index (χ2n) is 4.99. The maximum atomic E-state index is 11.8. The maximum Gasteiger partial charge on any atom is 0.307 e. The highest BCUT2D eigenvalue weighted by Crippen LogP contribution is 2.58. The van der Waals surface area contributed by atoms with Gasteiger partial charge in [0.1, 0.15) is 0 Å². The van der Waals surface area contributed by atoms with Crippen LogP contribution in [0.2, 0.25) is 0 Å². The summed E-state index contributed by atoms with van der Waals surface area (Å²) in [4.78, 5) is 26.6. The van der Waals surface area contributed by atoms with Crippen molar-refractivity contribution in [3.05, 3.63) is 12.2 Å². The van der Waals surface area contributed by atoms with E-state index < -0.39 is 23.2 Å². The molecule has 0 aromatic carbocycles. The molecule has 0 saturated heterocycles. The van der Waals surface area contributed by atoms with E-state index in [2.05, 4.69) is 15.5 Å². The van der Waals surface area contributed by atoms with Gasteiger partial charge in [-0.1, -0.05) is 19.0 Å². The van der Waals surface area contributed by atoms with Gasteiger partial charge in [0.2, 0.25) is 11.8 Å². The molecule has 1 aromatic heterocycles. The molecule has 0 aliphatic heterocycles. The second kappa shape index (κ2) is 4.40. The molecule has 18 heavy (non-hydrogen) atoms. The van der Waals surface area contributed by atoms with Crippen LogP contribution in [0.1, 0.15) is 19.7 Å². The van der Waals surface area contributed by atoms with E-state index in [9.17, 15) is 9.59 Å². The van der Waals surface area contributed by atoms with Gasteiger partial charge in [-0.25, -0.2) is 0 Å². The molecule has 0 unspecified atom stereocenters. The lowest BCUT2D eigenvalue weighted by Gasteiger charge is -2.04. The molecule has 1 aliphatic rings. The second-order valence-corrected chi connectivity index (χ2v) is 4.99. The van der Waals surface area contributed by atoms with E-state index in [0.29, 0.717) is 18.9 Å². The summed E-state index contributed by atoms with van der Waals surface area (Å²) in [6, 6.07) is 0. The number of carbonyl (C=O) groups is 2. The number of carboxylic acids is 1. The quantitative estimate of drug-likeness (QED) is 0.770. The third-order valence-corrected chi connectivity index (χ3v) is 3.42. The molecule has 2 N–H and O–H groups in total. The van der Waals surface area contributed by atoms with Crippen molar-refractivity contribution >= 4 is 11.9 Å². The van der Waals surface area contributed by atoms with E-state index in [1.165, 1.54) is 6.33 Å². The zero-order valence-corrected chi connectivity index (χ0v) is 10.2. The first-order valence-corrected chi connectivity index (χ1v) is 5.70. The Morgan fingerprint density at radius 3 is 2.72 bits per heavy atom. The summed E-state index contributed by atoms with van der Waals surface area (Å²) >= 11 is 0. The molecule has 0 spiro atoms. The minimum Gasteiger partial charge on any atom is -0.481 e. The lowest BCUT2D eigenvalue weighted by Crippen LogP contribution is -2.29. The summed E-state index contributed by atoms with van der Waals surface area (Å²) in [5.74, 6) is -1.76. The number of hydrogen-bond donors (Lipinski definition) is 2. The molecule has 1 heterocycles.